The van der Waals surface area contributed by atoms with Gasteiger partial charge in [0.25, 0.3) is 0 Å². The molecule has 1 heterocycles. The molecule has 0 spiro atoms. The quantitative estimate of drug-likeness (QED) is 0.671. The maximum absolute atomic E-state index is 11.4. The van der Waals surface area contributed by atoms with Crippen LogP contribution in [-0.4, -0.2) is 10.5 Å². The summed E-state index contributed by atoms with van der Waals surface area (Å²) in [6.07, 6.45) is 0. The van der Waals surface area contributed by atoms with Crippen LogP contribution in [0.4, 0.5) is 0 Å². The number of carbonyl (C=O) groups excluding carboxylic acids is 1. The van der Waals surface area contributed by atoms with Gasteiger partial charge in [-0.05, 0) is 30.7 Å². The minimum Gasteiger partial charge on any atom is -0.409 e. The lowest BCUT2D eigenvalue weighted by Crippen LogP contribution is -2.07. The van der Waals surface area contributed by atoms with E-state index < -0.39 is 0 Å². The van der Waals surface area contributed by atoms with E-state index in [1.807, 2.05) is 47.0 Å². The molecule has 22 heavy (non-hydrogen) atoms. The summed E-state index contributed by atoms with van der Waals surface area (Å²) >= 11 is 0. The molecule has 0 N–H and O–H groups in total. The van der Waals surface area contributed by atoms with E-state index in [0.29, 0.717) is 5.88 Å². The minimum absolute atomic E-state index is 0.328. The van der Waals surface area contributed by atoms with Gasteiger partial charge in [-0.3, -0.25) is 9.36 Å². The van der Waals surface area contributed by atoms with Crippen molar-refractivity contribution in [2.75, 3.05) is 0 Å². The van der Waals surface area contributed by atoms with Crippen molar-refractivity contribution in [1.82, 2.24) is 4.57 Å². The van der Waals surface area contributed by atoms with Crippen LogP contribution in [0, 0.1) is 6.92 Å². The molecule has 0 fully saturated rings. The van der Waals surface area contributed by atoms with Gasteiger partial charge in [0.15, 0.2) is 0 Å². The lowest BCUT2D eigenvalue weighted by molar-refractivity contribution is -0.132. The fourth-order valence-electron chi connectivity index (χ4n) is 2.44. The number of carbonyl (C=O) groups is 1. The molecule has 0 saturated heterocycles. The molecule has 0 unspecified atom stereocenters. The van der Waals surface area contributed by atoms with Crippen LogP contribution < -0.4 is 4.74 Å². The molecule has 0 aliphatic carbocycles. The third-order valence-corrected chi connectivity index (χ3v) is 3.46. The third-order valence-electron chi connectivity index (χ3n) is 3.46. The van der Waals surface area contributed by atoms with Gasteiger partial charge >= 0.3 is 5.97 Å². The average Bonchev–Trinajstić information content (AvgIpc) is 2.91. The minimum atomic E-state index is -0.328. The molecule has 3 aromatic rings. The maximum atomic E-state index is 11.4. The zero-order chi connectivity index (χ0) is 15.5. The molecule has 1 aromatic heterocycles. The fourth-order valence-corrected chi connectivity index (χ4v) is 2.44. The standard InChI is InChI=1S/C19H17NO2/c1-14-8-10-16(11-9-14)18-12-13-19(22-15(2)21)20(18)17-6-4-3-5-7-17/h3-13H,1-2H3. The smallest absolute Gasteiger partial charge is 0.309 e. The number of hydrogen-bond acceptors (Lipinski definition) is 2. The fraction of sp³-hybridized carbons (Fsp3) is 0.105. The number of para-hydroxylation sites is 1. The van der Waals surface area contributed by atoms with E-state index in [1.54, 1.807) is 0 Å². The number of benzene rings is 2. The molecule has 0 radical (unpaired) electrons. The SMILES string of the molecule is CC(=O)Oc1ccc(-c2ccc(C)cc2)n1-c1ccccc1. The van der Waals surface area contributed by atoms with E-state index in [9.17, 15) is 4.79 Å². The first-order valence-electron chi connectivity index (χ1n) is 7.18. The van der Waals surface area contributed by atoms with Crippen molar-refractivity contribution in [3.05, 3.63) is 72.3 Å². The molecule has 110 valence electrons. The van der Waals surface area contributed by atoms with Crippen molar-refractivity contribution in [2.45, 2.75) is 13.8 Å². The Hall–Kier alpha value is -2.81. The highest BCUT2D eigenvalue weighted by atomic mass is 16.5. The predicted octanol–water partition coefficient (Wildman–Crippen LogP) is 4.38. The van der Waals surface area contributed by atoms with Crippen molar-refractivity contribution >= 4 is 5.97 Å². The molecule has 0 aliphatic rings. The molecule has 0 amide bonds. The topological polar surface area (TPSA) is 31.2 Å². The summed E-state index contributed by atoms with van der Waals surface area (Å²) in [7, 11) is 0. The summed E-state index contributed by atoms with van der Waals surface area (Å²) in [5.74, 6) is 0.194. The molecular formula is C19H17NO2. The Kier molecular flexibility index (Phi) is 3.79. The van der Waals surface area contributed by atoms with Crippen LogP contribution in [0.15, 0.2) is 66.7 Å². The molecular weight excluding hydrogens is 274 g/mol. The molecule has 2 aromatic carbocycles. The van der Waals surface area contributed by atoms with Crippen LogP contribution in [0.1, 0.15) is 12.5 Å². The average molecular weight is 291 g/mol. The number of esters is 1. The molecule has 0 saturated carbocycles. The van der Waals surface area contributed by atoms with Crippen molar-refractivity contribution in [1.29, 1.82) is 0 Å². The van der Waals surface area contributed by atoms with Crippen LogP contribution in [0.5, 0.6) is 5.88 Å². The summed E-state index contributed by atoms with van der Waals surface area (Å²) in [6, 6.07) is 22.0. The van der Waals surface area contributed by atoms with E-state index in [2.05, 4.69) is 31.2 Å². The van der Waals surface area contributed by atoms with Crippen molar-refractivity contribution in [3.63, 3.8) is 0 Å². The Morgan fingerprint density at radius 1 is 0.909 bits per heavy atom. The number of nitrogens with zero attached hydrogens (tertiary/aromatic N) is 1. The Morgan fingerprint density at radius 2 is 1.59 bits per heavy atom. The molecule has 0 aliphatic heterocycles. The van der Waals surface area contributed by atoms with Gasteiger partial charge in [-0.2, -0.15) is 0 Å². The number of aryl methyl sites for hydroxylation is 1. The Balaban J connectivity index is 2.16. The maximum Gasteiger partial charge on any atom is 0.309 e. The molecule has 0 bridgehead atoms. The van der Waals surface area contributed by atoms with E-state index in [-0.39, 0.29) is 5.97 Å². The largest absolute Gasteiger partial charge is 0.409 e. The summed E-state index contributed by atoms with van der Waals surface area (Å²) in [5, 5.41) is 0. The second-order valence-corrected chi connectivity index (χ2v) is 5.19. The van der Waals surface area contributed by atoms with Gasteiger partial charge in [0, 0.05) is 18.7 Å². The first kappa shape index (κ1) is 14.1. The van der Waals surface area contributed by atoms with E-state index in [4.69, 9.17) is 4.74 Å². The van der Waals surface area contributed by atoms with Crippen LogP contribution in [0.25, 0.3) is 16.9 Å². The van der Waals surface area contributed by atoms with Crippen molar-refractivity contribution < 1.29 is 9.53 Å². The van der Waals surface area contributed by atoms with Crippen LogP contribution in [-0.2, 0) is 4.79 Å². The zero-order valence-electron chi connectivity index (χ0n) is 12.6. The molecule has 0 atom stereocenters. The Morgan fingerprint density at radius 3 is 2.23 bits per heavy atom. The van der Waals surface area contributed by atoms with Gasteiger partial charge in [0.1, 0.15) is 0 Å². The van der Waals surface area contributed by atoms with Gasteiger partial charge in [-0.25, -0.2) is 0 Å². The van der Waals surface area contributed by atoms with Crippen LogP contribution in [0.3, 0.4) is 0 Å². The predicted molar refractivity (Wildman–Crippen MR) is 87.3 cm³/mol. The van der Waals surface area contributed by atoms with E-state index >= 15 is 0 Å². The van der Waals surface area contributed by atoms with Gasteiger partial charge in [-0.15, -0.1) is 0 Å². The number of rotatable bonds is 3. The van der Waals surface area contributed by atoms with Gasteiger partial charge in [0.05, 0.1) is 5.69 Å². The Labute approximate surface area is 129 Å². The van der Waals surface area contributed by atoms with E-state index in [0.717, 1.165) is 16.9 Å². The second kappa shape index (κ2) is 5.90. The highest BCUT2D eigenvalue weighted by molar-refractivity contribution is 5.71. The molecule has 3 rings (SSSR count). The summed E-state index contributed by atoms with van der Waals surface area (Å²) in [4.78, 5) is 11.4. The zero-order valence-corrected chi connectivity index (χ0v) is 12.6. The number of ether oxygens (including phenoxy) is 1. The molecule has 3 nitrogen and oxygen atoms in total. The normalized spacial score (nSPS) is 10.5. The van der Waals surface area contributed by atoms with Crippen LogP contribution in [0.2, 0.25) is 0 Å². The first-order valence-corrected chi connectivity index (χ1v) is 7.18. The van der Waals surface area contributed by atoms with Gasteiger partial charge in [-0.1, -0.05) is 48.0 Å². The first-order chi connectivity index (χ1) is 10.6. The summed E-state index contributed by atoms with van der Waals surface area (Å²) < 4.78 is 7.30. The monoisotopic (exact) mass is 291 g/mol. The van der Waals surface area contributed by atoms with Gasteiger partial charge in [0.2, 0.25) is 5.88 Å². The van der Waals surface area contributed by atoms with E-state index in [1.165, 1.54) is 12.5 Å². The van der Waals surface area contributed by atoms with Crippen molar-refractivity contribution in [2.24, 2.45) is 0 Å². The lowest BCUT2D eigenvalue weighted by Gasteiger charge is -2.13. The Bertz CT molecular complexity index is 786. The highest BCUT2D eigenvalue weighted by Crippen LogP contribution is 2.31. The third kappa shape index (κ3) is 2.79. The lowest BCUT2D eigenvalue weighted by atomic mass is 10.1. The number of aromatic nitrogens is 1. The highest BCUT2D eigenvalue weighted by Gasteiger charge is 2.14. The number of hydrogen-bond donors (Lipinski definition) is 0. The molecule has 3 heteroatoms. The summed E-state index contributed by atoms with van der Waals surface area (Å²) in [6.45, 7) is 3.47. The van der Waals surface area contributed by atoms with Gasteiger partial charge < -0.3 is 4.74 Å². The summed E-state index contributed by atoms with van der Waals surface area (Å²) in [5.41, 5.74) is 4.23. The second-order valence-electron chi connectivity index (χ2n) is 5.19. The van der Waals surface area contributed by atoms with Crippen molar-refractivity contribution in [3.8, 4) is 22.8 Å². The van der Waals surface area contributed by atoms with Crippen LogP contribution >= 0.6 is 0 Å².